The first-order chi connectivity index (χ1) is 7.42. The summed E-state index contributed by atoms with van der Waals surface area (Å²) in [5.41, 5.74) is 0.150. The fourth-order valence-electron chi connectivity index (χ4n) is 1.72. The van der Waals surface area contributed by atoms with E-state index in [0.717, 1.165) is 0 Å². The molecule has 0 amide bonds. The Kier molecular flexibility index (Phi) is 4.59. The van der Waals surface area contributed by atoms with E-state index in [1.807, 2.05) is 0 Å². The Balaban J connectivity index is 2.52. The van der Waals surface area contributed by atoms with Gasteiger partial charge < -0.3 is 4.74 Å². The number of rotatable bonds is 3. The zero-order valence-corrected chi connectivity index (χ0v) is 9.76. The van der Waals surface area contributed by atoms with Gasteiger partial charge in [0.05, 0.1) is 6.10 Å². The summed E-state index contributed by atoms with van der Waals surface area (Å²) < 4.78 is 32.1. The van der Waals surface area contributed by atoms with Crippen LogP contribution in [-0.4, -0.2) is 24.4 Å². The summed E-state index contributed by atoms with van der Waals surface area (Å²) in [4.78, 5) is 10.7. The number of allylic oxidation sites excluding steroid dienone is 2. The molecule has 0 saturated heterocycles. The normalized spacial score (nSPS) is 28.8. The van der Waals surface area contributed by atoms with Gasteiger partial charge in [-0.1, -0.05) is 6.08 Å². The molecule has 1 unspecified atom stereocenters. The third-order valence-electron chi connectivity index (χ3n) is 2.82. The summed E-state index contributed by atoms with van der Waals surface area (Å²) in [5, 5.41) is 0. The number of carbonyl (C=O) groups excluding carboxylic acids is 1. The van der Waals surface area contributed by atoms with Gasteiger partial charge in [0.1, 0.15) is 6.61 Å². The van der Waals surface area contributed by atoms with E-state index in [2.05, 4.69) is 0 Å². The summed E-state index contributed by atoms with van der Waals surface area (Å²) in [6, 6.07) is 0. The van der Waals surface area contributed by atoms with Crippen molar-refractivity contribution in [3.05, 3.63) is 11.6 Å². The van der Waals surface area contributed by atoms with Crippen molar-refractivity contribution >= 4 is 5.78 Å². The molecule has 0 aromatic heterocycles. The quantitative estimate of drug-likeness (QED) is 0.699. The second-order valence-corrected chi connectivity index (χ2v) is 4.34. The van der Waals surface area contributed by atoms with E-state index in [1.54, 1.807) is 6.08 Å². The molecule has 16 heavy (non-hydrogen) atoms. The zero-order chi connectivity index (χ0) is 12.2. The van der Waals surface area contributed by atoms with Crippen molar-refractivity contribution in [3.63, 3.8) is 0 Å². The molecule has 0 heterocycles. The molecule has 0 radical (unpaired) electrons. The van der Waals surface area contributed by atoms with E-state index < -0.39 is 5.92 Å². The maximum Gasteiger partial charge on any atom is 0.269 e. The second kappa shape index (κ2) is 5.53. The van der Waals surface area contributed by atoms with Gasteiger partial charge in [-0.15, -0.1) is 0 Å². The standard InChI is InChI=1S/C12H18F2O2/c1-9-4-3-5-11(16-8-10(2)15)6-7-12(9,13)14/h4,11H,3,5-8H2,1-2H3/b9-4-. The minimum atomic E-state index is -2.72. The number of alkyl halides is 2. The van der Waals surface area contributed by atoms with Crippen LogP contribution in [-0.2, 0) is 9.53 Å². The lowest BCUT2D eigenvalue weighted by molar-refractivity contribution is -0.124. The molecule has 0 fully saturated rings. The summed E-state index contributed by atoms with van der Waals surface area (Å²) in [5.74, 6) is -2.79. The van der Waals surface area contributed by atoms with Gasteiger partial charge in [0.15, 0.2) is 5.78 Å². The molecular formula is C12H18F2O2. The number of hydrogen-bond donors (Lipinski definition) is 0. The van der Waals surface area contributed by atoms with Crippen LogP contribution in [0.4, 0.5) is 8.78 Å². The van der Waals surface area contributed by atoms with Gasteiger partial charge in [-0.25, -0.2) is 8.78 Å². The molecular weight excluding hydrogens is 214 g/mol. The lowest BCUT2D eigenvalue weighted by Crippen LogP contribution is -2.25. The Labute approximate surface area is 94.7 Å². The number of halogens is 2. The SMILES string of the molecule is CC(=O)COC1CC/C=C(/C)C(F)(F)CC1. The fraction of sp³-hybridized carbons (Fsp3) is 0.750. The molecule has 1 aliphatic carbocycles. The Morgan fingerprint density at radius 3 is 2.88 bits per heavy atom. The lowest BCUT2D eigenvalue weighted by atomic mass is 9.96. The molecule has 0 N–H and O–H groups in total. The van der Waals surface area contributed by atoms with Gasteiger partial charge >= 0.3 is 0 Å². The maximum absolute atomic E-state index is 13.4. The summed E-state index contributed by atoms with van der Waals surface area (Å²) >= 11 is 0. The minimum absolute atomic E-state index is 0.0267. The summed E-state index contributed by atoms with van der Waals surface area (Å²) in [6.07, 6.45) is 2.76. The third kappa shape index (κ3) is 4.00. The fourth-order valence-corrected chi connectivity index (χ4v) is 1.72. The molecule has 0 spiro atoms. The van der Waals surface area contributed by atoms with E-state index in [-0.39, 0.29) is 30.5 Å². The molecule has 0 aromatic rings. The average molecular weight is 232 g/mol. The second-order valence-electron chi connectivity index (χ2n) is 4.34. The average Bonchev–Trinajstić information content (AvgIpc) is 2.19. The van der Waals surface area contributed by atoms with Crippen molar-refractivity contribution in [3.8, 4) is 0 Å². The smallest absolute Gasteiger partial charge is 0.269 e. The van der Waals surface area contributed by atoms with Crippen LogP contribution in [0.15, 0.2) is 11.6 Å². The Hall–Kier alpha value is -0.770. The predicted octanol–water partition coefficient (Wildman–Crippen LogP) is 3.12. The molecule has 1 aliphatic rings. The van der Waals surface area contributed by atoms with Crippen molar-refractivity contribution in [1.29, 1.82) is 0 Å². The van der Waals surface area contributed by atoms with Crippen LogP contribution in [0, 0.1) is 0 Å². The van der Waals surface area contributed by atoms with Crippen molar-refractivity contribution in [1.82, 2.24) is 0 Å². The number of carbonyl (C=O) groups is 1. The van der Waals surface area contributed by atoms with E-state index in [1.165, 1.54) is 13.8 Å². The van der Waals surface area contributed by atoms with Gasteiger partial charge in [0, 0.05) is 6.42 Å². The molecule has 0 aromatic carbocycles. The maximum atomic E-state index is 13.4. The minimum Gasteiger partial charge on any atom is -0.370 e. The first kappa shape index (κ1) is 13.3. The molecule has 92 valence electrons. The van der Waals surface area contributed by atoms with Crippen molar-refractivity contribution in [2.45, 2.75) is 51.6 Å². The van der Waals surface area contributed by atoms with E-state index in [4.69, 9.17) is 4.74 Å². The highest BCUT2D eigenvalue weighted by Crippen LogP contribution is 2.33. The van der Waals surface area contributed by atoms with Crippen LogP contribution in [0.5, 0.6) is 0 Å². The van der Waals surface area contributed by atoms with Crippen LogP contribution in [0.3, 0.4) is 0 Å². The largest absolute Gasteiger partial charge is 0.370 e. The van der Waals surface area contributed by atoms with Crippen LogP contribution in [0.2, 0.25) is 0 Å². The molecule has 2 nitrogen and oxygen atoms in total. The van der Waals surface area contributed by atoms with Crippen LogP contribution in [0.1, 0.15) is 39.5 Å². The number of ether oxygens (including phenoxy) is 1. The van der Waals surface area contributed by atoms with Crippen LogP contribution >= 0.6 is 0 Å². The van der Waals surface area contributed by atoms with Crippen LogP contribution < -0.4 is 0 Å². The first-order valence-corrected chi connectivity index (χ1v) is 5.58. The molecule has 1 atom stereocenters. The molecule has 0 bridgehead atoms. The van der Waals surface area contributed by atoms with Crippen molar-refractivity contribution in [2.24, 2.45) is 0 Å². The van der Waals surface area contributed by atoms with E-state index in [0.29, 0.717) is 19.3 Å². The van der Waals surface area contributed by atoms with Gasteiger partial charge in [-0.3, -0.25) is 4.79 Å². The molecule has 0 aliphatic heterocycles. The van der Waals surface area contributed by atoms with Crippen LogP contribution in [0.25, 0.3) is 0 Å². The Bertz CT molecular complexity index is 285. The molecule has 4 heteroatoms. The van der Waals surface area contributed by atoms with E-state index >= 15 is 0 Å². The van der Waals surface area contributed by atoms with Crippen molar-refractivity contribution < 1.29 is 18.3 Å². The van der Waals surface area contributed by atoms with Gasteiger partial charge in [-0.05, 0) is 38.7 Å². The van der Waals surface area contributed by atoms with Crippen molar-refractivity contribution in [2.75, 3.05) is 6.61 Å². The zero-order valence-electron chi connectivity index (χ0n) is 9.76. The summed E-state index contributed by atoms with van der Waals surface area (Å²) in [7, 11) is 0. The Morgan fingerprint density at radius 1 is 1.56 bits per heavy atom. The highest BCUT2D eigenvalue weighted by Gasteiger charge is 2.33. The first-order valence-electron chi connectivity index (χ1n) is 5.58. The Morgan fingerprint density at radius 2 is 2.25 bits per heavy atom. The molecule has 0 saturated carbocycles. The monoisotopic (exact) mass is 232 g/mol. The number of Topliss-reactive ketones (excluding diaryl/α,β-unsaturated/α-hetero) is 1. The highest BCUT2D eigenvalue weighted by molar-refractivity contribution is 5.76. The predicted molar refractivity (Wildman–Crippen MR) is 57.6 cm³/mol. The lowest BCUT2D eigenvalue weighted by Gasteiger charge is -2.24. The van der Waals surface area contributed by atoms with Gasteiger partial charge in [-0.2, -0.15) is 0 Å². The summed E-state index contributed by atoms with van der Waals surface area (Å²) in [6.45, 7) is 2.93. The topological polar surface area (TPSA) is 26.3 Å². The highest BCUT2D eigenvalue weighted by atomic mass is 19.3. The molecule has 1 rings (SSSR count). The number of hydrogen-bond acceptors (Lipinski definition) is 2. The van der Waals surface area contributed by atoms with E-state index in [9.17, 15) is 13.6 Å². The van der Waals surface area contributed by atoms with Gasteiger partial charge in [0.25, 0.3) is 5.92 Å². The van der Waals surface area contributed by atoms with Gasteiger partial charge in [0.2, 0.25) is 0 Å². The third-order valence-corrected chi connectivity index (χ3v) is 2.82. The number of ketones is 1.